The predicted octanol–water partition coefficient (Wildman–Crippen LogP) is 3.23. The minimum absolute atomic E-state index is 0.472. The van der Waals surface area contributed by atoms with E-state index in [1.165, 1.54) is 18.5 Å². The van der Waals surface area contributed by atoms with Crippen LogP contribution in [0.3, 0.4) is 0 Å². The molecular formula is C16H23ClN2O. The Bertz CT molecular complexity index is 501. The number of piperazine rings is 1. The molecule has 1 saturated heterocycles. The number of ether oxygens (including phenoxy) is 1. The van der Waals surface area contributed by atoms with Gasteiger partial charge in [0, 0.05) is 36.3 Å². The average Bonchev–Trinajstić information content (AvgIpc) is 3.26. The number of aryl methyl sites for hydroxylation is 1. The van der Waals surface area contributed by atoms with E-state index in [1.807, 2.05) is 6.07 Å². The van der Waals surface area contributed by atoms with Crippen molar-refractivity contribution in [2.24, 2.45) is 5.92 Å². The molecule has 1 aliphatic heterocycles. The predicted molar refractivity (Wildman–Crippen MR) is 84.1 cm³/mol. The second-order valence-electron chi connectivity index (χ2n) is 6.13. The molecule has 2 atom stereocenters. The van der Waals surface area contributed by atoms with Crippen molar-refractivity contribution >= 4 is 17.3 Å². The van der Waals surface area contributed by atoms with Crippen molar-refractivity contribution < 1.29 is 4.74 Å². The van der Waals surface area contributed by atoms with E-state index in [1.54, 1.807) is 7.11 Å². The first-order valence-electron chi connectivity index (χ1n) is 7.44. The summed E-state index contributed by atoms with van der Waals surface area (Å²) in [6.45, 7) is 6.41. The Morgan fingerprint density at radius 3 is 2.75 bits per heavy atom. The molecule has 0 aromatic heterocycles. The summed E-state index contributed by atoms with van der Waals surface area (Å²) in [7, 11) is 1.72. The standard InChI is InChI=1S/C16H23ClN2O/c1-10-6-15(16(20-3)7-13(10)17)19-9-14(12-4-5-12)18-8-11(19)2/h6-7,11-12,14,18H,4-5,8-9H2,1-3H3. The van der Waals surface area contributed by atoms with Gasteiger partial charge in [-0.1, -0.05) is 11.6 Å². The Morgan fingerprint density at radius 2 is 2.10 bits per heavy atom. The molecule has 3 nitrogen and oxygen atoms in total. The van der Waals surface area contributed by atoms with Crippen LogP contribution in [0.4, 0.5) is 5.69 Å². The Kier molecular flexibility index (Phi) is 3.83. The minimum Gasteiger partial charge on any atom is -0.495 e. The second-order valence-corrected chi connectivity index (χ2v) is 6.53. The molecular weight excluding hydrogens is 272 g/mol. The van der Waals surface area contributed by atoms with Gasteiger partial charge in [0.15, 0.2) is 0 Å². The van der Waals surface area contributed by atoms with Crippen molar-refractivity contribution in [2.75, 3.05) is 25.1 Å². The monoisotopic (exact) mass is 294 g/mol. The number of nitrogens with zero attached hydrogens (tertiary/aromatic N) is 1. The number of rotatable bonds is 3. The van der Waals surface area contributed by atoms with E-state index < -0.39 is 0 Å². The Morgan fingerprint density at radius 1 is 1.35 bits per heavy atom. The molecule has 20 heavy (non-hydrogen) atoms. The third-order valence-electron chi connectivity index (χ3n) is 4.56. The second kappa shape index (κ2) is 5.45. The number of anilines is 1. The molecule has 0 bridgehead atoms. The van der Waals surface area contributed by atoms with Crippen molar-refractivity contribution in [1.29, 1.82) is 0 Å². The van der Waals surface area contributed by atoms with E-state index >= 15 is 0 Å². The molecule has 1 heterocycles. The van der Waals surface area contributed by atoms with E-state index in [0.717, 1.165) is 35.3 Å². The van der Waals surface area contributed by atoms with Crippen LogP contribution in [0.5, 0.6) is 5.75 Å². The molecule has 0 spiro atoms. The largest absolute Gasteiger partial charge is 0.495 e. The number of halogens is 1. The molecule has 0 radical (unpaired) electrons. The van der Waals surface area contributed by atoms with Crippen LogP contribution in [0.1, 0.15) is 25.3 Å². The molecule has 1 aromatic rings. The lowest BCUT2D eigenvalue weighted by Gasteiger charge is -2.41. The van der Waals surface area contributed by atoms with Crippen LogP contribution < -0.4 is 15.0 Å². The fraction of sp³-hybridized carbons (Fsp3) is 0.625. The van der Waals surface area contributed by atoms with Crippen molar-refractivity contribution in [3.8, 4) is 5.75 Å². The van der Waals surface area contributed by atoms with Crippen LogP contribution in [0.25, 0.3) is 0 Å². The summed E-state index contributed by atoms with van der Waals surface area (Å²) in [5.41, 5.74) is 2.28. The first kappa shape index (κ1) is 14.0. The molecule has 4 heteroatoms. The number of hydrogen-bond donors (Lipinski definition) is 1. The van der Waals surface area contributed by atoms with Crippen LogP contribution in [-0.2, 0) is 0 Å². The highest BCUT2D eigenvalue weighted by molar-refractivity contribution is 6.31. The zero-order valence-corrected chi connectivity index (χ0v) is 13.2. The maximum absolute atomic E-state index is 6.22. The van der Waals surface area contributed by atoms with Crippen molar-refractivity contribution in [1.82, 2.24) is 5.32 Å². The van der Waals surface area contributed by atoms with Gasteiger partial charge < -0.3 is 15.0 Å². The van der Waals surface area contributed by atoms with Gasteiger partial charge in [0.05, 0.1) is 12.8 Å². The van der Waals surface area contributed by atoms with Crippen LogP contribution in [-0.4, -0.2) is 32.3 Å². The van der Waals surface area contributed by atoms with Crippen LogP contribution in [0.15, 0.2) is 12.1 Å². The van der Waals surface area contributed by atoms with E-state index in [0.29, 0.717) is 12.1 Å². The normalized spacial score (nSPS) is 26.7. The first-order valence-corrected chi connectivity index (χ1v) is 7.82. The summed E-state index contributed by atoms with van der Waals surface area (Å²) >= 11 is 6.22. The fourth-order valence-corrected chi connectivity index (χ4v) is 3.23. The summed E-state index contributed by atoms with van der Waals surface area (Å²) in [5, 5.41) is 4.46. The smallest absolute Gasteiger partial charge is 0.143 e. The Labute approximate surface area is 126 Å². The molecule has 1 saturated carbocycles. The van der Waals surface area contributed by atoms with Gasteiger partial charge in [-0.05, 0) is 44.2 Å². The first-order chi connectivity index (χ1) is 9.60. The molecule has 110 valence electrons. The lowest BCUT2D eigenvalue weighted by Crippen LogP contribution is -2.56. The molecule has 1 aliphatic carbocycles. The van der Waals surface area contributed by atoms with Gasteiger partial charge in [0.25, 0.3) is 0 Å². The molecule has 2 unspecified atom stereocenters. The molecule has 3 rings (SSSR count). The zero-order valence-electron chi connectivity index (χ0n) is 12.4. The highest BCUT2D eigenvalue weighted by Gasteiger charge is 2.36. The molecule has 0 amide bonds. The van der Waals surface area contributed by atoms with Gasteiger partial charge in [0.2, 0.25) is 0 Å². The van der Waals surface area contributed by atoms with Crippen molar-refractivity contribution in [3.63, 3.8) is 0 Å². The van der Waals surface area contributed by atoms with Gasteiger partial charge in [-0.25, -0.2) is 0 Å². The quantitative estimate of drug-likeness (QED) is 0.926. The molecule has 1 aromatic carbocycles. The van der Waals surface area contributed by atoms with Crippen LogP contribution in [0.2, 0.25) is 5.02 Å². The van der Waals surface area contributed by atoms with E-state index in [4.69, 9.17) is 16.3 Å². The molecule has 2 aliphatic rings. The van der Waals surface area contributed by atoms with Gasteiger partial charge in [-0.2, -0.15) is 0 Å². The van der Waals surface area contributed by atoms with Crippen molar-refractivity contribution in [2.45, 2.75) is 38.8 Å². The van der Waals surface area contributed by atoms with Gasteiger partial charge in [0.1, 0.15) is 5.75 Å². The SMILES string of the molecule is COc1cc(Cl)c(C)cc1N1CC(C2CC2)NCC1C. The fourth-order valence-electron chi connectivity index (χ4n) is 3.07. The van der Waals surface area contributed by atoms with E-state index in [2.05, 4.69) is 30.1 Å². The lowest BCUT2D eigenvalue weighted by molar-refractivity contribution is 0.367. The summed E-state index contributed by atoms with van der Waals surface area (Å²) in [4.78, 5) is 2.47. The minimum atomic E-state index is 0.472. The summed E-state index contributed by atoms with van der Waals surface area (Å²) < 4.78 is 5.55. The lowest BCUT2D eigenvalue weighted by atomic mass is 10.0. The summed E-state index contributed by atoms with van der Waals surface area (Å²) in [6, 6.07) is 5.19. The third kappa shape index (κ3) is 2.61. The maximum atomic E-state index is 6.22. The highest BCUT2D eigenvalue weighted by atomic mass is 35.5. The maximum Gasteiger partial charge on any atom is 0.143 e. The Balaban J connectivity index is 1.91. The number of nitrogens with one attached hydrogen (secondary N) is 1. The highest BCUT2D eigenvalue weighted by Crippen LogP contribution is 2.39. The Hall–Kier alpha value is -0.930. The average molecular weight is 295 g/mol. The van der Waals surface area contributed by atoms with Crippen LogP contribution in [0, 0.1) is 12.8 Å². The number of hydrogen-bond acceptors (Lipinski definition) is 3. The van der Waals surface area contributed by atoms with E-state index in [9.17, 15) is 0 Å². The van der Waals surface area contributed by atoms with Crippen molar-refractivity contribution in [3.05, 3.63) is 22.7 Å². The summed E-state index contributed by atoms with van der Waals surface area (Å²) in [5.74, 6) is 1.74. The molecule has 1 N–H and O–H groups in total. The van der Waals surface area contributed by atoms with Gasteiger partial charge >= 0.3 is 0 Å². The van der Waals surface area contributed by atoms with Crippen LogP contribution >= 0.6 is 11.6 Å². The van der Waals surface area contributed by atoms with Gasteiger partial charge in [-0.15, -0.1) is 0 Å². The molecule has 2 fully saturated rings. The number of methoxy groups -OCH3 is 1. The zero-order chi connectivity index (χ0) is 14.3. The topological polar surface area (TPSA) is 24.5 Å². The third-order valence-corrected chi connectivity index (χ3v) is 4.97. The van der Waals surface area contributed by atoms with E-state index in [-0.39, 0.29) is 0 Å². The summed E-state index contributed by atoms with van der Waals surface area (Å²) in [6.07, 6.45) is 2.74. The number of benzene rings is 1. The van der Waals surface area contributed by atoms with Gasteiger partial charge in [-0.3, -0.25) is 0 Å².